The van der Waals surface area contributed by atoms with Crippen LogP contribution < -0.4 is 9.64 Å². The number of hydrazine groups is 1. The third kappa shape index (κ3) is 3.62. The molecule has 1 aliphatic carbocycles. The Morgan fingerprint density at radius 1 is 0.919 bits per heavy atom. The second-order valence-electron chi connectivity index (χ2n) is 11.3. The highest BCUT2D eigenvalue weighted by Gasteiger charge is 2.66. The Balaban J connectivity index is 1.45. The van der Waals surface area contributed by atoms with E-state index in [0.29, 0.717) is 35.4 Å². The molecular formula is C30H35N3O4. The quantitative estimate of drug-likeness (QED) is 0.582. The topological polar surface area (TPSA) is 70.2 Å². The zero-order chi connectivity index (χ0) is 26.0. The summed E-state index contributed by atoms with van der Waals surface area (Å²) in [6.45, 7) is 6.62. The maximum Gasteiger partial charge on any atom is 0.268 e. The van der Waals surface area contributed by atoms with Gasteiger partial charge in [0.25, 0.3) is 11.8 Å². The molecule has 4 fully saturated rings. The monoisotopic (exact) mass is 501 g/mol. The number of ether oxygens (including phenoxy) is 1. The largest absolute Gasteiger partial charge is 0.497 e. The Kier molecular flexibility index (Phi) is 5.86. The molecule has 3 saturated heterocycles. The molecule has 1 saturated carbocycles. The van der Waals surface area contributed by atoms with Crippen molar-refractivity contribution in [1.82, 2.24) is 10.0 Å². The Bertz CT molecular complexity index is 1250. The van der Waals surface area contributed by atoms with Crippen molar-refractivity contribution in [2.45, 2.75) is 65.0 Å². The molecule has 0 radical (unpaired) electrons. The van der Waals surface area contributed by atoms with Crippen LogP contribution in [0.2, 0.25) is 0 Å². The second-order valence-corrected chi connectivity index (χ2v) is 11.3. The van der Waals surface area contributed by atoms with Crippen molar-refractivity contribution in [2.75, 3.05) is 18.6 Å². The van der Waals surface area contributed by atoms with Gasteiger partial charge in [-0.25, -0.2) is 9.91 Å². The minimum absolute atomic E-state index is 0.126. The number of aryl methyl sites for hydroxylation is 3. The lowest BCUT2D eigenvalue weighted by atomic mass is 9.68. The fourth-order valence-corrected chi connectivity index (χ4v) is 7.70. The van der Waals surface area contributed by atoms with Gasteiger partial charge in [-0.1, -0.05) is 37.0 Å². The molecule has 0 bridgehead atoms. The lowest BCUT2D eigenvalue weighted by molar-refractivity contribution is -0.129. The minimum Gasteiger partial charge on any atom is -0.497 e. The van der Waals surface area contributed by atoms with Crippen LogP contribution >= 0.6 is 0 Å². The molecule has 0 aromatic heterocycles. The summed E-state index contributed by atoms with van der Waals surface area (Å²) in [6, 6.07) is 10.1. The summed E-state index contributed by atoms with van der Waals surface area (Å²) in [5, 5.41) is 3.75. The molecule has 7 heteroatoms. The first kappa shape index (κ1) is 24.2. The Hall–Kier alpha value is -3.19. The Labute approximate surface area is 218 Å². The van der Waals surface area contributed by atoms with E-state index in [9.17, 15) is 14.4 Å². The highest BCUT2D eigenvalue weighted by Crippen LogP contribution is 2.51. The summed E-state index contributed by atoms with van der Waals surface area (Å²) in [5.41, 5.74) is 4.08. The third-order valence-electron chi connectivity index (χ3n) is 9.11. The van der Waals surface area contributed by atoms with Gasteiger partial charge in [-0.15, -0.1) is 0 Å². The summed E-state index contributed by atoms with van der Waals surface area (Å²) in [5.74, 6) is 0.327. The SMILES string of the molecule is COc1ccc(C(=O)N2[C@H]3C(=O)N(c4c(C)cc(C)cc4C)C(=O)[C@H]3[C@@H]3C4CCCCC4CCN32)cc1. The predicted octanol–water partition coefficient (Wildman–Crippen LogP) is 4.43. The summed E-state index contributed by atoms with van der Waals surface area (Å²) < 4.78 is 5.27. The van der Waals surface area contributed by atoms with E-state index in [2.05, 4.69) is 5.01 Å². The van der Waals surface area contributed by atoms with Crippen molar-refractivity contribution >= 4 is 23.4 Å². The highest BCUT2D eigenvalue weighted by molar-refractivity contribution is 6.25. The third-order valence-corrected chi connectivity index (χ3v) is 9.11. The van der Waals surface area contributed by atoms with Gasteiger partial charge < -0.3 is 4.74 Å². The van der Waals surface area contributed by atoms with Gasteiger partial charge in [0.2, 0.25) is 5.91 Å². The first-order valence-corrected chi connectivity index (χ1v) is 13.5. The molecule has 37 heavy (non-hydrogen) atoms. The van der Waals surface area contributed by atoms with Crippen LogP contribution in [0.15, 0.2) is 36.4 Å². The number of methoxy groups -OCH3 is 1. The Morgan fingerprint density at radius 3 is 2.27 bits per heavy atom. The number of carbonyl (C=O) groups excluding carboxylic acids is 3. The molecular weight excluding hydrogens is 466 g/mol. The number of hydrogen-bond donors (Lipinski definition) is 0. The van der Waals surface area contributed by atoms with Crippen LogP contribution in [0.3, 0.4) is 0 Å². The van der Waals surface area contributed by atoms with E-state index < -0.39 is 12.0 Å². The molecule has 5 atom stereocenters. The van der Waals surface area contributed by atoms with Crippen molar-refractivity contribution in [2.24, 2.45) is 17.8 Å². The Morgan fingerprint density at radius 2 is 1.59 bits per heavy atom. The lowest BCUT2D eigenvalue weighted by Crippen LogP contribution is -2.57. The van der Waals surface area contributed by atoms with Crippen LogP contribution in [0.25, 0.3) is 0 Å². The van der Waals surface area contributed by atoms with Gasteiger partial charge in [0.15, 0.2) is 0 Å². The summed E-state index contributed by atoms with van der Waals surface area (Å²) in [7, 11) is 1.59. The van der Waals surface area contributed by atoms with Crippen molar-refractivity contribution in [3.63, 3.8) is 0 Å². The molecule has 2 unspecified atom stereocenters. The summed E-state index contributed by atoms with van der Waals surface area (Å²) in [6.07, 6.45) is 5.56. The standard InChI is InChI=1S/C30H35N3O4/c1-17-15-18(2)25(19(3)16-17)32-29(35)24-26-23-8-6-5-7-20(23)13-14-31(26)33(27(24)30(32)36)28(34)21-9-11-22(37-4)12-10-21/h9-12,15-16,20,23-24,26-27H,5-8,13-14H2,1-4H3/t20?,23?,24-,26-,27+/m0/s1. The average Bonchev–Trinajstić information content (AvgIpc) is 3.36. The van der Waals surface area contributed by atoms with Gasteiger partial charge >= 0.3 is 0 Å². The van der Waals surface area contributed by atoms with Crippen LogP contribution in [0.5, 0.6) is 5.75 Å². The number of anilines is 1. The number of amides is 3. The number of rotatable bonds is 3. The van der Waals surface area contributed by atoms with E-state index in [1.165, 1.54) is 17.7 Å². The zero-order valence-electron chi connectivity index (χ0n) is 22.1. The molecule has 0 N–H and O–H groups in total. The number of benzene rings is 2. The zero-order valence-corrected chi connectivity index (χ0v) is 22.1. The molecule has 7 nitrogen and oxygen atoms in total. The van der Waals surface area contributed by atoms with Crippen LogP contribution in [0, 0.1) is 38.5 Å². The van der Waals surface area contributed by atoms with Crippen LogP contribution in [-0.4, -0.2) is 53.5 Å². The average molecular weight is 502 g/mol. The van der Waals surface area contributed by atoms with Crippen molar-refractivity contribution in [1.29, 1.82) is 0 Å². The van der Waals surface area contributed by atoms with E-state index in [-0.39, 0.29) is 23.8 Å². The first-order valence-electron chi connectivity index (χ1n) is 13.5. The fourth-order valence-electron chi connectivity index (χ4n) is 7.70. The predicted molar refractivity (Wildman–Crippen MR) is 140 cm³/mol. The molecule has 6 rings (SSSR count). The van der Waals surface area contributed by atoms with Gasteiger partial charge in [-0.05, 0) is 80.8 Å². The number of hydrogen-bond acceptors (Lipinski definition) is 5. The molecule has 2 aromatic rings. The summed E-state index contributed by atoms with van der Waals surface area (Å²) in [4.78, 5) is 43.9. The highest BCUT2D eigenvalue weighted by atomic mass is 16.5. The van der Waals surface area contributed by atoms with E-state index in [1.807, 2.05) is 32.9 Å². The normalized spacial score (nSPS) is 29.2. The molecule has 0 spiro atoms. The fraction of sp³-hybridized carbons (Fsp3) is 0.500. The number of fused-ring (bicyclic) bond motifs is 5. The number of piperidine rings is 1. The molecule has 2 aromatic carbocycles. The molecule has 3 amide bonds. The van der Waals surface area contributed by atoms with Crippen molar-refractivity contribution in [3.05, 3.63) is 58.7 Å². The van der Waals surface area contributed by atoms with E-state index in [4.69, 9.17) is 4.74 Å². The smallest absolute Gasteiger partial charge is 0.268 e. The second kappa shape index (κ2) is 8.98. The molecule has 194 valence electrons. The van der Waals surface area contributed by atoms with Gasteiger partial charge in [0.05, 0.1) is 18.7 Å². The van der Waals surface area contributed by atoms with Crippen molar-refractivity contribution < 1.29 is 19.1 Å². The van der Waals surface area contributed by atoms with Crippen molar-refractivity contribution in [3.8, 4) is 5.75 Å². The van der Waals surface area contributed by atoms with Crippen LogP contribution in [-0.2, 0) is 9.59 Å². The van der Waals surface area contributed by atoms with E-state index in [1.54, 1.807) is 36.4 Å². The molecule has 3 aliphatic heterocycles. The van der Waals surface area contributed by atoms with Crippen LogP contribution in [0.1, 0.15) is 59.2 Å². The van der Waals surface area contributed by atoms with Gasteiger partial charge in [-0.3, -0.25) is 19.4 Å². The maximum absolute atomic E-state index is 14.2. The number of nitrogens with zero attached hydrogens (tertiary/aromatic N) is 3. The minimum atomic E-state index is -0.812. The van der Waals surface area contributed by atoms with Gasteiger partial charge in [-0.2, -0.15) is 0 Å². The summed E-state index contributed by atoms with van der Waals surface area (Å²) >= 11 is 0. The molecule has 3 heterocycles. The number of imide groups is 1. The number of carbonyl (C=O) groups is 3. The lowest BCUT2D eigenvalue weighted by Gasteiger charge is -2.47. The van der Waals surface area contributed by atoms with Gasteiger partial charge in [0.1, 0.15) is 11.8 Å². The van der Waals surface area contributed by atoms with Gasteiger partial charge in [0, 0.05) is 18.2 Å². The maximum atomic E-state index is 14.2. The first-order chi connectivity index (χ1) is 17.8. The van der Waals surface area contributed by atoms with Crippen LogP contribution in [0.4, 0.5) is 5.69 Å². The van der Waals surface area contributed by atoms with E-state index >= 15 is 0 Å². The molecule has 4 aliphatic rings. The van der Waals surface area contributed by atoms with E-state index in [0.717, 1.165) is 36.0 Å².